The van der Waals surface area contributed by atoms with E-state index in [0.717, 1.165) is 22.3 Å². The molecule has 0 aliphatic heterocycles. The Kier molecular flexibility index (Phi) is 5.95. The van der Waals surface area contributed by atoms with Crippen LogP contribution in [0.1, 0.15) is 69.8 Å². The van der Waals surface area contributed by atoms with E-state index in [4.69, 9.17) is 0 Å². The van der Waals surface area contributed by atoms with E-state index >= 15 is 0 Å². The van der Waals surface area contributed by atoms with Gasteiger partial charge in [0, 0.05) is 25.2 Å². The average molecular weight is 386 g/mol. The molecule has 0 unspecified atom stereocenters. The summed E-state index contributed by atoms with van der Waals surface area (Å²) in [6, 6.07) is 9.25. The quantitative estimate of drug-likeness (QED) is 0.396. The normalized spacial score (nSPS) is 20.6. The van der Waals surface area contributed by atoms with Crippen molar-refractivity contribution in [2.75, 3.05) is 21.1 Å². The lowest BCUT2D eigenvalue weighted by Crippen LogP contribution is -2.33. The van der Waals surface area contributed by atoms with E-state index in [1.165, 1.54) is 75.1 Å². The molecule has 0 amide bonds. The molecule has 2 fully saturated rings. The summed E-state index contributed by atoms with van der Waals surface area (Å²) in [6.07, 6.45) is 17.2. The number of hydrogen-bond acceptors (Lipinski definition) is 0. The second-order valence-electron chi connectivity index (χ2n) is 9.93. The molecule has 27 heavy (non-hydrogen) atoms. The van der Waals surface area contributed by atoms with Crippen LogP contribution in [-0.4, -0.2) is 41.3 Å². The SMILES string of the molecule is C[N+](C)(C)Cc1cn(P(C2CCCCC2)C2CCCCC2)c2ccccc12. The first-order valence-corrected chi connectivity index (χ1v) is 12.6. The molecular weight excluding hydrogens is 347 g/mol. The number of nitrogens with zero attached hydrogens (tertiary/aromatic N) is 2. The van der Waals surface area contributed by atoms with Crippen molar-refractivity contribution in [2.24, 2.45) is 0 Å². The Morgan fingerprint density at radius 1 is 0.852 bits per heavy atom. The van der Waals surface area contributed by atoms with Crippen LogP contribution in [0.2, 0.25) is 0 Å². The second-order valence-corrected chi connectivity index (χ2v) is 12.6. The minimum Gasteiger partial charge on any atom is -0.327 e. The van der Waals surface area contributed by atoms with E-state index in [9.17, 15) is 0 Å². The minimum absolute atomic E-state index is 0.103. The maximum atomic E-state index is 2.82. The van der Waals surface area contributed by atoms with Crippen molar-refractivity contribution in [3.05, 3.63) is 36.0 Å². The second kappa shape index (κ2) is 8.26. The molecule has 0 N–H and O–H groups in total. The van der Waals surface area contributed by atoms with E-state index < -0.39 is 0 Å². The van der Waals surface area contributed by atoms with E-state index in [1.807, 2.05) is 0 Å². The molecule has 1 aromatic heterocycles. The van der Waals surface area contributed by atoms with E-state index in [1.54, 1.807) is 5.56 Å². The number of aromatic nitrogens is 1. The fourth-order valence-electron chi connectivity index (χ4n) is 5.40. The van der Waals surface area contributed by atoms with Crippen LogP contribution in [0.3, 0.4) is 0 Å². The van der Waals surface area contributed by atoms with Crippen molar-refractivity contribution < 1.29 is 4.48 Å². The summed E-state index contributed by atoms with van der Waals surface area (Å²) in [5.74, 6) is 0. The standard InChI is InChI=1S/C24H38N2P/c1-26(2,3)19-20-18-25(24-17-11-10-16-23(20)24)27(21-12-6-4-7-13-21)22-14-8-5-9-15-22/h10-11,16-18,21-22H,4-9,12-15,19H2,1-3H3/q+1. The van der Waals surface area contributed by atoms with Gasteiger partial charge in [-0.1, -0.05) is 56.7 Å². The van der Waals surface area contributed by atoms with Crippen LogP contribution in [0.15, 0.2) is 30.5 Å². The Balaban J connectivity index is 1.77. The molecule has 1 aromatic carbocycles. The van der Waals surface area contributed by atoms with Crippen molar-refractivity contribution in [1.82, 2.24) is 4.34 Å². The molecule has 148 valence electrons. The van der Waals surface area contributed by atoms with Gasteiger partial charge in [-0.2, -0.15) is 0 Å². The zero-order chi connectivity index (χ0) is 18.9. The molecule has 2 saturated carbocycles. The highest BCUT2D eigenvalue weighted by atomic mass is 31.1. The number of para-hydroxylation sites is 1. The predicted octanol–water partition coefficient (Wildman–Crippen LogP) is 6.76. The van der Waals surface area contributed by atoms with Crippen LogP contribution in [-0.2, 0) is 6.54 Å². The molecule has 2 aliphatic rings. The molecule has 1 heterocycles. The van der Waals surface area contributed by atoms with Crippen LogP contribution < -0.4 is 0 Å². The smallest absolute Gasteiger partial charge is 0.106 e. The van der Waals surface area contributed by atoms with Crippen LogP contribution >= 0.6 is 8.07 Å². The highest BCUT2D eigenvalue weighted by Crippen LogP contribution is 2.58. The van der Waals surface area contributed by atoms with E-state index in [0.29, 0.717) is 0 Å². The molecule has 0 saturated heterocycles. The van der Waals surface area contributed by atoms with Crippen molar-refractivity contribution in [3.63, 3.8) is 0 Å². The third-order valence-corrected chi connectivity index (χ3v) is 9.92. The van der Waals surface area contributed by atoms with Gasteiger partial charge in [0.2, 0.25) is 0 Å². The van der Waals surface area contributed by atoms with Gasteiger partial charge in [-0.05, 0) is 43.1 Å². The average Bonchev–Trinajstić information content (AvgIpc) is 3.01. The van der Waals surface area contributed by atoms with Gasteiger partial charge in [-0.15, -0.1) is 0 Å². The lowest BCUT2D eigenvalue weighted by Gasteiger charge is -2.39. The highest BCUT2D eigenvalue weighted by molar-refractivity contribution is 7.57. The predicted molar refractivity (Wildman–Crippen MR) is 120 cm³/mol. The van der Waals surface area contributed by atoms with Crippen LogP contribution in [0, 0.1) is 0 Å². The zero-order valence-corrected chi connectivity index (χ0v) is 18.6. The van der Waals surface area contributed by atoms with Crippen molar-refractivity contribution in [3.8, 4) is 0 Å². The fourth-order valence-corrected chi connectivity index (χ4v) is 9.19. The van der Waals surface area contributed by atoms with Crippen LogP contribution in [0.5, 0.6) is 0 Å². The van der Waals surface area contributed by atoms with Crippen molar-refractivity contribution >= 4 is 19.0 Å². The lowest BCUT2D eigenvalue weighted by molar-refractivity contribution is -0.883. The molecular formula is C24H38N2P+. The monoisotopic (exact) mass is 385 g/mol. The molecule has 0 bridgehead atoms. The number of hydrogen-bond donors (Lipinski definition) is 0. The molecule has 3 heteroatoms. The van der Waals surface area contributed by atoms with Gasteiger partial charge in [-0.3, -0.25) is 0 Å². The fraction of sp³-hybridized carbons (Fsp3) is 0.667. The van der Waals surface area contributed by atoms with Crippen LogP contribution in [0.25, 0.3) is 10.9 Å². The first kappa shape index (κ1) is 19.5. The lowest BCUT2D eigenvalue weighted by atomic mass is 10.00. The Hall–Kier alpha value is -0.850. The summed E-state index contributed by atoms with van der Waals surface area (Å²) in [5.41, 5.74) is 4.97. The number of quaternary nitrogens is 1. The maximum absolute atomic E-state index is 2.82. The van der Waals surface area contributed by atoms with Crippen molar-refractivity contribution in [1.29, 1.82) is 0 Å². The number of benzene rings is 1. The Bertz CT molecular complexity index is 727. The van der Waals surface area contributed by atoms with Gasteiger partial charge in [0.1, 0.15) is 6.54 Å². The third-order valence-electron chi connectivity index (χ3n) is 6.57. The van der Waals surface area contributed by atoms with E-state index in [-0.39, 0.29) is 8.07 Å². The van der Waals surface area contributed by atoms with Gasteiger partial charge >= 0.3 is 0 Å². The van der Waals surface area contributed by atoms with Gasteiger partial charge in [0.05, 0.1) is 26.7 Å². The van der Waals surface area contributed by atoms with Crippen molar-refractivity contribution in [2.45, 2.75) is 82.1 Å². The molecule has 2 aliphatic carbocycles. The highest BCUT2D eigenvalue weighted by Gasteiger charge is 2.34. The Labute approximate surface area is 167 Å². The molecule has 2 aromatic rings. The molecule has 4 rings (SSSR count). The molecule has 2 nitrogen and oxygen atoms in total. The number of rotatable bonds is 5. The summed E-state index contributed by atoms with van der Waals surface area (Å²) in [6.45, 7) is 1.12. The Morgan fingerprint density at radius 3 is 1.96 bits per heavy atom. The number of fused-ring (bicyclic) bond motifs is 1. The molecule has 0 spiro atoms. The van der Waals surface area contributed by atoms with Gasteiger partial charge in [-0.25, -0.2) is 0 Å². The summed E-state index contributed by atoms with van der Waals surface area (Å²) < 4.78 is 3.82. The summed E-state index contributed by atoms with van der Waals surface area (Å²) in [7, 11) is 6.85. The largest absolute Gasteiger partial charge is 0.327 e. The first-order chi connectivity index (χ1) is 13.0. The Morgan fingerprint density at radius 2 is 1.41 bits per heavy atom. The third kappa shape index (κ3) is 4.43. The van der Waals surface area contributed by atoms with E-state index in [2.05, 4.69) is 55.9 Å². The summed E-state index contributed by atoms with van der Waals surface area (Å²) >= 11 is 0. The zero-order valence-electron chi connectivity index (χ0n) is 17.7. The summed E-state index contributed by atoms with van der Waals surface area (Å²) in [5, 5.41) is 1.50. The molecule has 0 atom stereocenters. The molecule has 0 radical (unpaired) electrons. The van der Waals surface area contributed by atoms with Crippen LogP contribution in [0.4, 0.5) is 0 Å². The van der Waals surface area contributed by atoms with Gasteiger partial charge in [0.25, 0.3) is 0 Å². The summed E-state index contributed by atoms with van der Waals surface area (Å²) in [4.78, 5) is 0. The minimum atomic E-state index is -0.103. The maximum Gasteiger partial charge on any atom is 0.106 e. The topological polar surface area (TPSA) is 4.93 Å². The first-order valence-electron chi connectivity index (χ1n) is 11.2. The van der Waals surface area contributed by atoms with Gasteiger partial charge in [0.15, 0.2) is 0 Å². The van der Waals surface area contributed by atoms with Gasteiger partial charge < -0.3 is 8.82 Å².